The Morgan fingerprint density at radius 1 is 1.17 bits per heavy atom. The van der Waals surface area contributed by atoms with Crippen LogP contribution in [0, 0.1) is 0 Å². The van der Waals surface area contributed by atoms with Gasteiger partial charge in [-0.2, -0.15) is 0 Å². The summed E-state index contributed by atoms with van der Waals surface area (Å²) in [4.78, 5) is 14.9. The minimum atomic E-state index is 0. The van der Waals surface area contributed by atoms with Gasteiger partial charge in [-0.3, -0.25) is 4.57 Å². The van der Waals surface area contributed by atoms with Crippen LogP contribution in [0.1, 0.15) is 31.7 Å². The number of nitrogens with zero attached hydrogens (tertiary/aromatic N) is 1. The third kappa shape index (κ3) is 2.18. The molecular formula is C13H18ClN3O. The van der Waals surface area contributed by atoms with Crippen LogP contribution in [0.15, 0.2) is 29.1 Å². The molecule has 1 aliphatic carbocycles. The maximum atomic E-state index is 12.0. The molecule has 0 aliphatic heterocycles. The van der Waals surface area contributed by atoms with E-state index in [0.717, 1.165) is 36.7 Å². The summed E-state index contributed by atoms with van der Waals surface area (Å²) in [5, 5.41) is 0. The van der Waals surface area contributed by atoms with Gasteiger partial charge in [-0.1, -0.05) is 12.1 Å². The number of rotatable bonds is 1. The summed E-state index contributed by atoms with van der Waals surface area (Å²) >= 11 is 0. The lowest BCUT2D eigenvalue weighted by molar-refractivity contribution is 0.324. The highest BCUT2D eigenvalue weighted by atomic mass is 35.5. The Morgan fingerprint density at radius 3 is 2.56 bits per heavy atom. The number of halogens is 1. The van der Waals surface area contributed by atoms with Gasteiger partial charge in [0, 0.05) is 12.1 Å². The van der Waals surface area contributed by atoms with Crippen molar-refractivity contribution in [1.29, 1.82) is 0 Å². The quantitative estimate of drug-likeness (QED) is 0.832. The molecule has 1 saturated carbocycles. The highest BCUT2D eigenvalue weighted by Gasteiger charge is 2.22. The largest absolute Gasteiger partial charge is 0.328 e. The molecule has 98 valence electrons. The van der Waals surface area contributed by atoms with Crippen LogP contribution in [-0.2, 0) is 0 Å². The van der Waals surface area contributed by atoms with E-state index in [-0.39, 0.29) is 18.1 Å². The van der Waals surface area contributed by atoms with Gasteiger partial charge in [0.25, 0.3) is 0 Å². The minimum Gasteiger partial charge on any atom is -0.328 e. The molecule has 1 aromatic carbocycles. The number of para-hydroxylation sites is 2. The van der Waals surface area contributed by atoms with E-state index in [9.17, 15) is 4.79 Å². The van der Waals surface area contributed by atoms with Gasteiger partial charge in [-0.25, -0.2) is 4.79 Å². The van der Waals surface area contributed by atoms with E-state index in [4.69, 9.17) is 5.73 Å². The van der Waals surface area contributed by atoms with Crippen LogP contribution in [-0.4, -0.2) is 15.6 Å². The van der Waals surface area contributed by atoms with Gasteiger partial charge in [0.05, 0.1) is 11.0 Å². The fourth-order valence-corrected chi connectivity index (χ4v) is 2.80. The van der Waals surface area contributed by atoms with Gasteiger partial charge >= 0.3 is 5.69 Å². The number of benzene rings is 1. The first-order valence-corrected chi connectivity index (χ1v) is 6.20. The van der Waals surface area contributed by atoms with Crippen LogP contribution in [0.3, 0.4) is 0 Å². The van der Waals surface area contributed by atoms with E-state index in [1.165, 1.54) is 0 Å². The number of nitrogens with two attached hydrogens (primary N) is 1. The zero-order chi connectivity index (χ0) is 11.8. The summed E-state index contributed by atoms with van der Waals surface area (Å²) < 4.78 is 1.90. The molecule has 0 radical (unpaired) electrons. The Bertz CT molecular complexity index is 581. The van der Waals surface area contributed by atoms with Gasteiger partial charge in [0.15, 0.2) is 0 Å². The SMILES string of the molecule is Cl.N[C@H]1CC[C@H](n2c(=O)[nH]c3ccccc32)CC1. The van der Waals surface area contributed by atoms with E-state index in [2.05, 4.69) is 4.98 Å². The van der Waals surface area contributed by atoms with Crippen molar-refractivity contribution < 1.29 is 0 Å². The molecular weight excluding hydrogens is 250 g/mol. The van der Waals surface area contributed by atoms with Crippen LogP contribution in [0.5, 0.6) is 0 Å². The van der Waals surface area contributed by atoms with Crippen molar-refractivity contribution in [2.75, 3.05) is 0 Å². The molecule has 5 heteroatoms. The number of H-pyrrole nitrogens is 1. The third-order valence-electron chi connectivity index (χ3n) is 3.73. The van der Waals surface area contributed by atoms with E-state index in [1.54, 1.807) is 0 Å². The number of imidazole rings is 1. The van der Waals surface area contributed by atoms with Crippen molar-refractivity contribution in [2.45, 2.75) is 37.8 Å². The first-order chi connectivity index (χ1) is 8.25. The topological polar surface area (TPSA) is 63.8 Å². The van der Waals surface area contributed by atoms with Gasteiger partial charge in [0.2, 0.25) is 0 Å². The Kier molecular flexibility index (Phi) is 3.78. The van der Waals surface area contributed by atoms with E-state index in [1.807, 2.05) is 28.8 Å². The van der Waals surface area contributed by atoms with Crippen molar-refractivity contribution in [3.05, 3.63) is 34.7 Å². The summed E-state index contributed by atoms with van der Waals surface area (Å²) in [6.45, 7) is 0. The van der Waals surface area contributed by atoms with Crippen molar-refractivity contribution in [3.63, 3.8) is 0 Å². The monoisotopic (exact) mass is 267 g/mol. The molecule has 3 rings (SSSR count). The Balaban J connectivity index is 0.00000120. The number of aromatic nitrogens is 2. The second kappa shape index (κ2) is 5.16. The van der Waals surface area contributed by atoms with Crippen molar-refractivity contribution in [3.8, 4) is 0 Å². The van der Waals surface area contributed by atoms with Gasteiger partial charge in [-0.05, 0) is 37.8 Å². The molecule has 1 aliphatic rings. The third-order valence-corrected chi connectivity index (χ3v) is 3.73. The molecule has 0 saturated heterocycles. The molecule has 1 aromatic heterocycles. The average Bonchev–Trinajstić information content (AvgIpc) is 2.66. The van der Waals surface area contributed by atoms with Crippen molar-refractivity contribution in [1.82, 2.24) is 9.55 Å². The molecule has 0 spiro atoms. The number of nitrogens with one attached hydrogen (secondary N) is 1. The molecule has 1 heterocycles. The molecule has 0 atom stereocenters. The van der Waals surface area contributed by atoms with E-state index in [0.29, 0.717) is 12.1 Å². The Hall–Kier alpha value is -1.26. The average molecular weight is 268 g/mol. The zero-order valence-corrected chi connectivity index (χ0v) is 11.0. The maximum absolute atomic E-state index is 12.0. The minimum absolute atomic E-state index is 0. The molecule has 0 unspecified atom stereocenters. The first-order valence-electron chi connectivity index (χ1n) is 6.20. The van der Waals surface area contributed by atoms with E-state index >= 15 is 0 Å². The normalized spacial score (nSPS) is 23.8. The van der Waals surface area contributed by atoms with Gasteiger partial charge in [-0.15, -0.1) is 12.4 Å². The highest BCUT2D eigenvalue weighted by Crippen LogP contribution is 2.28. The predicted octanol–water partition coefficient (Wildman–Crippen LogP) is 2.19. The highest BCUT2D eigenvalue weighted by molar-refractivity contribution is 5.85. The molecule has 1 fully saturated rings. The number of aromatic amines is 1. The molecule has 4 nitrogen and oxygen atoms in total. The summed E-state index contributed by atoms with van der Waals surface area (Å²) in [6, 6.07) is 8.48. The molecule has 2 aromatic rings. The standard InChI is InChI=1S/C13H17N3O.ClH/c14-9-5-7-10(8-6-9)16-12-4-2-1-3-11(12)15-13(16)17;/h1-4,9-10H,5-8,14H2,(H,15,17);1H/t9-,10-;. The van der Waals surface area contributed by atoms with Crippen LogP contribution >= 0.6 is 12.4 Å². The van der Waals surface area contributed by atoms with Crippen LogP contribution in [0.4, 0.5) is 0 Å². The smallest absolute Gasteiger partial charge is 0.326 e. The van der Waals surface area contributed by atoms with Crippen molar-refractivity contribution in [2.24, 2.45) is 5.73 Å². The lowest BCUT2D eigenvalue weighted by atomic mass is 9.91. The zero-order valence-electron chi connectivity index (χ0n) is 10.1. The fraction of sp³-hybridized carbons (Fsp3) is 0.462. The molecule has 0 bridgehead atoms. The number of hydrogen-bond acceptors (Lipinski definition) is 2. The Morgan fingerprint density at radius 2 is 1.83 bits per heavy atom. The van der Waals surface area contributed by atoms with Gasteiger partial charge < -0.3 is 10.7 Å². The van der Waals surface area contributed by atoms with E-state index < -0.39 is 0 Å². The van der Waals surface area contributed by atoms with Crippen LogP contribution in [0.2, 0.25) is 0 Å². The first kappa shape index (κ1) is 13.2. The Labute approximate surface area is 112 Å². The fourth-order valence-electron chi connectivity index (χ4n) is 2.80. The lowest BCUT2D eigenvalue weighted by Gasteiger charge is -2.26. The number of hydrogen-bond donors (Lipinski definition) is 2. The second-order valence-corrected chi connectivity index (χ2v) is 4.89. The summed E-state index contributed by atoms with van der Waals surface area (Å²) in [7, 11) is 0. The second-order valence-electron chi connectivity index (χ2n) is 4.89. The maximum Gasteiger partial charge on any atom is 0.326 e. The summed E-state index contributed by atoms with van der Waals surface area (Å²) in [6.07, 6.45) is 4.03. The van der Waals surface area contributed by atoms with Crippen LogP contribution < -0.4 is 11.4 Å². The molecule has 18 heavy (non-hydrogen) atoms. The predicted molar refractivity (Wildman–Crippen MR) is 75.3 cm³/mol. The number of fused-ring (bicyclic) bond motifs is 1. The lowest BCUT2D eigenvalue weighted by Crippen LogP contribution is -2.31. The summed E-state index contributed by atoms with van der Waals surface area (Å²) in [5.41, 5.74) is 7.85. The van der Waals surface area contributed by atoms with Gasteiger partial charge in [0.1, 0.15) is 0 Å². The molecule has 3 N–H and O–H groups in total. The summed E-state index contributed by atoms with van der Waals surface area (Å²) in [5.74, 6) is 0. The van der Waals surface area contributed by atoms with Crippen LogP contribution in [0.25, 0.3) is 11.0 Å². The van der Waals surface area contributed by atoms with Crippen molar-refractivity contribution >= 4 is 23.4 Å². The molecule has 0 amide bonds.